The second kappa shape index (κ2) is 9.25. The molecule has 0 saturated heterocycles. The molecule has 3 heteroatoms. The van der Waals surface area contributed by atoms with E-state index in [1.807, 2.05) is 0 Å². The number of alkyl halides is 1. The van der Waals surface area contributed by atoms with E-state index >= 15 is 0 Å². The van der Waals surface area contributed by atoms with Crippen LogP contribution in [0.15, 0.2) is 18.2 Å². The summed E-state index contributed by atoms with van der Waals surface area (Å²) in [7, 11) is 0. The van der Waals surface area contributed by atoms with Crippen LogP contribution in [0.2, 0.25) is 0 Å². The first-order valence-corrected chi connectivity index (χ1v) is 8.32. The van der Waals surface area contributed by atoms with Crippen LogP contribution < -0.4 is 4.90 Å². The number of hydrogen-bond acceptors (Lipinski definition) is 2. The van der Waals surface area contributed by atoms with E-state index in [-0.39, 0.29) is 0 Å². The van der Waals surface area contributed by atoms with Gasteiger partial charge in [-0.15, -0.1) is 11.6 Å². The third-order valence-electron chi connectivity index (χ3n) is 4.01. The van der Waals surface area contributed by atoms with E-state index in [1.54, 1.807) is 0 Å². The molecule has 0 heterocycles. The fourth-order valence-corrected chi connectivity index (χ4v) is 2.82. The van der Waals surface area contributed by atoms with Crippen LogP contribution in [-0.2, 0) is 5.88 Å². The maximum absolute atomic E-state index is 5.93. The summed E-state index contributed by atoms with van der Waals surface area (Å²) in [4.78, 5) is 4.93. The van der Waals surface area contributed by atoms with Crippen LogP contribution in [0.3, 0.4) is 0 Å². The van der Waals surface area contributed by atoms with E-state index in [0.29, 0.717) is 5.88 Å². The minimum atomic E-state index is 0.597. The molecule has 0 aromatic heterocycles. The van der Waals surface area contributed by atoms with Gasteiger partial charge in [-0.3, -0.25) is 0 Å². The Labute approximate surface area is 129 Å². The first kappa shape index (κ1) is 17.3. The molecule has 1 aromatic carbocycles. The molecule has 114 valence electrons. The molecule has 0 fully saturated rings. The van der Waals surface area contributed by atoms with Crippen molar-refractivity contribution in [3.8, 4) is 0 Å². The summed E-state index contributed by atoms with van der Waals surface area (Å²) < 4.78 is 0. The van der Waals surface area contributed by atoms with Gasteiger partial charge in [0.15, 0.2) is 0 Å². The van der Waals surface area contributed by atoms with Gasteiger partial charge in [0.2, 0.25) is 0 Å². The summed E-state index contributed by atoms with van der Waals surface area (Å²) in [6.45, 7) is 14.5. The van der Waals surface area contributed by atoms with Crippen LogP contribution in [0.5, 0.6) is 0 Å². The van der Waals surface area contributed by atoms with E-state index in [2.05, 4.69) is 55.7 Å². The molecule has 2 nitrogen and oxygen atoms in total. The molecule has 0 atom stereocenters. The Bertz CT molecular complexity index is 389. The van der Waals surface area contributed by atoms with Crippen molar-refractivity contribution < 1.29 is 0 Å². The lowest BCUT2D eigenvalue weighted by atomic mass is 10.1. The smallest absolute Gasteiger partial charge is 0.0476 e. The van der Waals surface area contributed by atoms with Gasteiger partial charge in [0, 0.05) is 24.7 Å². The first-order chi connectivity index (χ1) is 9.65. The number of nitrogens with zero attached hydrogens (tertiary/aromatic N) is 2. The van der Waals surface area contributed by atoms with Crippen molar-refractivity contribution in [2.75, 3.05) is 37.6 Å². The molecule has 0 radical (unpaired) electrons. The highest BCUT2D eigenvalue weighted by Gasteiger charge is 2.07. The van der Waals surface area contributed by atoms with Gasteiger partial charge < -0.3 is 9.80 Å². The maximum Gasteiger partial charge on any atom is 0.0476 e. The number of anilines is 1. The Kier molecular flexibility index (Phi) is 8.01. The first-order valence-electron chi connectivity index (χ1n) is 7.78. The minimum absolute atomic E-state index is 0.597. The molecule has 0 aliphatic rings. The van der Waals surface area contributed by atoms with Crippen LogP contribution >= 0.6 is 11.6 Å². The van der Waals surface area contributed by atoms with Crippen molar-refractivity contribution in [1.82, 2.24) is 4.90 Å². The van der Waals surface area contributed by atoms with Gasteiger partial charge in [0.25, 0.3) is 0 Å². The summed E-state index contributed by atoms with van der Waals surface area (Å²) in [5.41, 5.74) is 3.84. The van der Waals surface area contributed by atoms with E-state index in [9.17, 15) is 0 Å². The molecule has 20 heavy (non-hydrogen) atoms. The van der Waals surface area contributed by atoms with Crippen LogP contribution in [0.4, 0.5) is 5.69 Å². The summed E-state index contributed by atoms with van der Waals surface area (Å²) >= 11 is 5.93. The van der Waals surface area contributed by atoms with E-state index in [0.717, 1.165) is 26.2 Å². The van der Waals surface area contributed by atoms with Gasteiger partial charge >= 0.3 is 0 Å². The summed E-state index contributed by atoms with van der Waals surface area (Å²) in [6.07, 6.45) is 1.21. The highest BCUT2D eigenvalue weighted by Crippen LogP contribution is 2.20. The zero-order valence-electron chi connectivity index (χ0n) is 13.5. The number of hydrogen-bond donors (Lipinski definition) is 0. The second-order valence-electron chi connectivity index (χ2n) is 5.20. The topological polar surface area (TPSA) is 6.48 Å². The fraction of sp³-hybridized carbons (Fsp3) is 0.647. The SMILES string of the molecule is CCN(CC)CCCN(CC)c1ccc(CCl)c(C)c1. The molecule has 0 spiro atoms. The van der Waals surface area contributed by atoms with Crippen LogP contribution in [-0.4, -0.2) is 37.6 Å². The Balaban J connectivity index is 2.59. The predicted octanol–water partition coefficient (Wildman–Crippen LogP) is 4.29. The number of rotatable bonds is 9. The standard InChI is InChI=1S/C17H29ClN2/c1-5-19(6-2)11-8-12-20(7-3)17-10-9-16(14-18)15(4)13-17/h9-10,13H,5-8,11-12,14H2,1-4H3. The minimum Gasteiger partial charge on any atom is -0.372 e. The molecular formula is C17H29ClN2. The number of benzene rings is 1. The van der Waals surface area contributed by atoms with Crippen molar-refractivity contribution in [3.05, 3.63) is 29.3 Å². The van der Waals surface area contributed by atoms with Gasteiger partial charge in [-0.25, -0.2) is 0 Å². The van der Waals surface area contributed by atoms with Gasteiger partial charge in [-0.2, -0.15) is 0 Å². The second-order valence-corrected chi connectivity index (χ2v) is 5.47. The lowest BCUT2D eigenvalue weighted by Crippen LogP contribution is -2.30. The normalized spacial score (nSPS) is 11.1. The van der Waals surface area contributed by atoms with Crippen molar-refractivity contribution >= 4 is 17.3 Å². The van der Waals surface area contributed by atoms with Gasteiger partial charge in [0.05, 0.1) is 0 Å². The Morgan fingerprint density at radius 1 is 1.00 bits per heavy atom. The molecule has 1 aromatic rings. The molecule has 0 saturated carbocycles. The number of aryl methyl sites for hydroxylation is 1. The summed E-state index contributed by atoms with van der Waals surface area (Å²) in [5, 5.41) is 0. The molecule has 0 amide bonds. The monoisotopic (exact) mass is 296 g/mol. The third kappa shape index (κ3) is 4.99. The Hall–Kier alpha value is -0.730. The molecule has 1 rings (SSSR count). The molecule has 0 unspecified atom stereocenters. The molecule has 0 bridgehead atoms. The Morgan fingerprint density at radius 3 is 2.20 bits per heavy atom. The zero-order chi connectivity index (χ0) is 15.0. The lowest BCUT2D eigenvalue weighted by molar-refractivity contribution is 0.301. The zero-order valence-corrected chi connectivity index (χ0v) is 14.2. The lowest BCUT2D eigenvalue weighted by Gasteiger charge is -2.26. The van der Waals surface area contributed by atoms with Crippen LogP contribution in [0.25, 0.3) is 0 Å². The molecule has 0 aliphatic heterocycles. The van der Waals surface area contributed by atoms with Gasteiger partial charge in [0.1, 0.15) is 0 Å². The average Bonchev–Trinajstić information content (AvgIpc) is 2.47. The predicted molar refractivity (Wildman–Crippen MR) is 91.0 cm³/mol. The third-order valence-corrected chi connectivity index (χ3v) is 4.30. The van der Waals surface area contributed by atoms with Crippen molar-refractivity contribution in [2.45, 2.75) is 40.0 Å². The molecule has 0 aliphatic carbocycles. The molecule has 0 N–H and O–H groups in total. The van der Waals surface area contributed by atoms with Crippen LogP contribution in [0.1, 0.15) is 38.3 Å². The summed E-state index contributed by atoms with van der Waals surface area (Å²) in [5.74, 6) is 0.597. The summed E-state index contributed by atoms with van der Waals surface area (Å²) in [6, 6.07) is 6.62. The average molecular weight is 297 g/mol. The largest absolute Gasteiger partial charge is 0.372 e. The molecular weight excluding hydrogens is 268 g/mol. The highest BCUT2D eigenvalue weighted by molar-refractivity contribution is 6.17. The van der Waals surface area contributed by atoms with E-state index < -0.39 is 0 Å². The van der Waals surface area contributed by atoms with Gasteiger partial charge in [-0.05, 0) is 63.2 Å². The maximum atomic E-state index is 5.93. The number of halogens is 1. The Morgan fingerprint density at radius 2 is 1.70 bits per heavy atom. The highest BCUT2D eigenvalue weighted by atomic mass is 35.5. The van der Waals surface area contributed by atoms with E-state index in [1.165, 1.54) is 29.8 Å². The fourth-order valence-electron chi connectivity index (χ4n) is 2.52. The van der Waals surface area contributed by atoms with Gasteiger partial charge in [-0.1, -0.05) is 19.9 Å². The van der Waals surface area contributed by atoms with Crippen molar-refractivity contribution in [2.24, 2.45) is 0 Å². The quantitative estimate of drug-likeness (QED) is 0.627. The van der Waals surface area contributed by atoms with E-state index in [4.69, 9.17) is 11.6 Å². The van der Waals surface area contributed by atoms with Crippen molar-refractivity contribution in [1.29, 1.82) is 0 Å². The van der Waals surface area contributed by atoms with Crippen molar-refractivity contribution in [3.63, 3.8) is 0 Å². The van der Waals surface area contributed by atoms with Crippen LogP contribution in [0, 0.1) is 6.92 Å².